The number of benzene rings is 1. The number of halogens is 1. The molecule has 2 saturated heterocycles. The Bertz CT molecular complexity index is 909. The van der Waals surface area contributed by atoms with E-state index in [0.29, 0.717) is 13.1 Å². The maximum atomic E-state index is 13.0. The highest BCUT2D eigenvalue weighted by Gasteiger charge is 2.36. The highest BCUT2D eigenvalue weighted by Crippen LogP contribution is 2.32. The Morgan fingerprint density at radius 3 is 2.46 bits per heavy atom. The van der Waals surface area contributed by atoms with Crippen molar-refractivity contribution in [1.82, 2.24) is 14.5 Å². The number of urea groups is 1. The van der Waals surface area contributed by atoms with Gasteiger partial charge in [0.25, 0.3) is 5.91 Å². The summed E-state index contributed by atoms with van der Waals surface area (Å²) in [5, 5.41) is 4.88. The van der Waals surface area contributed by atoms with Gasteiger partial charge in [-0.05, 0) is 30.0 Å². The number of imide groups is 1. The lowest BCUT2D eigenvalue weighted by molar-refractivity contribution is -0.128. The van der Waals surface area contributed by atoms with Crippen LogP contribution >= 0.6 is 11.6 Å². The van der Waals surface area contributed by atoms with Crippen molar-refractivity contribution in [3.05, 3.63) is 23.2 Å². The Morgan fingerprint density at radius 2 is 1.89 bits per heavy atom. The highest BCUT2D eigenvalue weighted by molar-refractivity contribution is 7.89. The number of hydrogen-bond donors (Lipinski definition) is 2. The first-order valence-corrected chi connectivity index (χ1v) is 10.6. The number of hydrogen-bond acceptors (Lipinski definition) is 5. The van der Waals surface area contributed by atoms with Gasteiger partial charge in [-0.25, -0.2) is 13.2 Å². The quantitative estimate of drug-likeness (QED) is 0.681. The molecule has 0 aliphatic carbocycles. The predicted molar refractivity (Wildman–Crippen MR) is 102 cm³/mol. The lowest BCUT2D eigenvalue weighted by Crippen LogP contribution is -2.38. The number of rotatable bonds is 5. The summed E-state index contributed by atoms with van der Waals surface area (Å²) >= 11 is 6.12. The summed E-state index contributed by atoms with van der Waals surface area (Å²) in [6.07, 6.45) is 0. The average molecular weight is 429 g/mol. The lowest BCUT2D eigenvalue weighted by Gasteiger charge is -2.18. The third kappa shape index (κ3) is 3.98. The van der Waals surface area contributed by atoms with E-state index in [2.05, 4.69) is 10.6 Å². The second-order valence-corrected chi connectivity index (χ2v) is 9.42. The van der Waals surface area contributed by atoms with Crippen LogP contribution < -0.4 is 10.6 Å². The number of amides is 4. The van der Waals surface area contributed by atoms with E-state index >= 15 is 0 Å². The van der Waals surface area contributed by atoms with Gasteiger partial charge in [-0.2, -0.15) is 4.31 Å². The Kier molecular flexibility index (Phi) is 5.64. The van der Waals surface area contributed by atoms with Crippen LogP contribution in [0.25, 0.3) is 0 Å². The van der Waals surface area contributed by atoms with Crippen LogP contribution in [0.1, 0.15) is 13.8 Å². The van der Waals surface area contributed by atoms with Gasteiger partial charge in [0, 0.05) is 18.8 Å². The molecule has 2 aliphatic heterocycles. The number of carbonyl (C=O) groups is 3. The van der Waals surface area contributed by atoms with Crippen molar-refractivity contribution < 1.29 is 22.8 Å². The van der Waals surface area contributed by atoms with Crippen LogP contribution in [0.3, 0.4) is 0 Å². The lowest BCUT2D eigenvalue weighted by atomic mass is 10.0. The van der Waals surface area contributed by atoms with Gasteiger partial charge in [0.15, 0.2) is 0 Å². The monoisotopic (exact) mass is 428 g/mol. The van der Waals surface area contributed by atoms with E-state index in [9.17, 15) is 22.8 Å². The first-order chi connectivity index (χ1) is 13.1. The van der Waals surface area contributed by atoms with E-state index in [-0.39, 0.29) is 34.0 Å². The zero-order valence-corrected chi connectivity index (χ0v) is 17.0. The SMILES string of the molecule is C[C@@H]1CN(S(=O)(=O)c2cc(NC(=O)CN3C(=O)CNC3=O)ccc2Cl)C[C@@H]1C. The van der Waals surface area contributed by atoms with Gasteiger partial charge in [-0.15, -0.1) is 0 Å². The molecule has 0 radical (unpaired) electrons. The highest BCUT2D eigenvalue weighted by atomic mass is 35.5. The second-order valence-electron chi connectivity index (χ2n) is 7.11. The minimum atomic E-state index is -3.81. The van der Waals surface area contributed by atoms with Gasteiger partial charge in [0.1, 0.15) is 11.4 Å². The maximum Gasteiger partial charge on any atom is 0.325 e. The van der Waals surface area contributed by atoms with Crippen LogP contribution in [0.15, 0.2) is 23.1 Å². The number of nitrogens with one attached hydrogen (secondary N) is 2. The molecular formula is C17H21ClN4O5S. The van der Waals surface area contributed by atoms with Gasteiger partial charge in [-0.3, -0.25) is 14.5 Å². The summed E-state index contributed by atoms with van der Waals surface area (Å²) in [5.41, 5.74) is 0.209. The smallest absolute Gasteiger partial charge is 0.325 e. The second kappa shape index (κ2) is 7.69. The van der Waals surface area contributed by atoms with Gasteiger partial charge >= 0.3 is 6.03 Å². The number of sulfonamides is 1. The fraction of sp³-hybridized carbons (Fsp3) is 0.471. The van der Waals surface area contributed by atoms with E-state index in [1.165, 1.54) is 22.5 Å². The number of carbonyl (C=O) groups excluding carboxylic acids is 3. The minimum Gasteiger partial charge on any atom is -0.329 e. The first kappa shape index (κ1) is 20.6. The molecular weight excluding hydrogens is 408 g/mol. The molecule has 28 heavy (non-hydrogen) atoms. The average Bonchev–Trinajstić information content (AvgIpc) is 3.13. The summed E-state index contributed by atoms with van der Waals surface area (Å²) in [4.78, 5) is 35.9. The molecule has 0 unspecified atom stereocenters. The summed E-state index contributed by atoms with van der Waals surface area (Å²) < 4.78 is 27.3. The topological polar surface area (TPSA) is 116 Å². The van der Waals surface area contributed by atoms with Crippen molar-refractivity contribution in [1.29, 1.82) is 0 Å². The summed E-state index contributed by atoms with van der Waals surface area (Å²) in [7, 11) is -3.81. The Balaban J connectivity index is 1.77. The van der Waals surface area contributed by atoms with Crippen LogP contribution in [0.4, 0.5) is 10.5 Å². The molecule has 1 aromatic rings. The molecule has 11 heteroatoms. The summed E-state index contributed by atoms with van der Waals surface area (Å²) in [6.45, 7) is 4.19. The van der Waals surface area contributed by atoms with Crippen molar-refractivity contribution in [2.45, 2.75) is 18.7 Å². The van der Waals surface area contributed by atoms with Crippen LogP contribution in [0.2, 0.25) is 5.02 Å². The fourth-order valence-corrected chi connectivity index (χ4v) is 5.29. The zero-order valence-electron chi connectivity index (χ0n) is 15.4. The molecule has 0 aromatic heterocycles. The van der Waals surface area contributed by atoms with Crippen molar-refractivity contribution in [2.24, 2.45) is 11.8 Å². The molecule has 152 valence electrons. The molecule has 2 fully saturated rings. The number of nitrogens with zero attached hydrogens (tertiary/aromatic N) is 2. The summed E-state index contributed by atoms with van der Waals surface area (Å²) in [5.74, 6) is -0.655. The molecule has 4 amide bonds. The van der Waals surface area contributed by atoms with E-state index in [1.807, 2.05) is 13.8 Å². The van der Waals surface area contributed by atoms with Crippen molar-refractivity contribution in [3.8, 4) is 0 Å². The summed E-state index contributed by atoms with van der Waals surface area (Å²) in [6, 6.07) is 3.49. The van der Waals surface area contributed by atoms with Gasteiger partial charge < -0.3 is 10.6 Å². The largest absolute Gasteiger partial charge is 0.329 e. The standard InChI is InChI=1S/C17H21ClN4O5S/c1-10-7-21(8-11(10)2)28(26,27)14-5-12(3-4-13(14)18)20-15(23)9-22-16(24)6-19-17(22)25/h3-5,10-11H,6-9H2,1-2H3,(H,19,25)(H,20,23)/t10-,11+. The molecule has 0 saturated carbocycles. The maximum absolute atomic E-state index is 13.0. The third-order valence-corrected chi connectivity index (χ3v) is 7.34. The molecule has 2 aliphatic rings. The van der Waals surface area contributed by atoms with Gasteiger partial charge in [0.05, 0.1) is 11.6 Å². The molecule has 3 rings (SSSR count). The number of anilines is 1. The fourth-order valence-electron chi connectivity index (χ4n) is 3.15. The zero-order chi connectivity index (χ0) is 20.6. The molecule has 2 atom stereocenters. The first-order valence-electron chi connectivity index (χ1n) is 8.77. The molecule has 0 bridgehead atoms. The Hall–Kier alpha value is -2.17. The predicted octanol–water partition coefficient (Wildman–Crippen LogP) is 1.11. The van der Waals surface area contributed by atoms with Crippen molar-refractivity contribution >= 4 is 45.2 Å². The van der Waals surface area contributed by atoms with E-state index < -0.39 is 34.4 Å². The molecule has 0 spiro atoms. The molecule has 2 heterocycles. The van der Waals surface area contributed by atoms with E-state index in [4.69, 9.17) is 11.6 Å². The van der Waals surface area contributed by atoms with Crippen molar-refractivity contribution in [3.63, 3.8) is 0 Å². The van der Waals surface area contributed by atoms with E-state index in [1.54, 1.807) is 0 Å². The van der Waals surface area contributed by atoms with Crippen LogP contribution in [-0.4, -0.2) is 61.6 Å². The Morgan fingerprint density at radius 1 is 1.25 bits per heavy atom. The van der Waals surface area contributed by atoms with Crippen LogP contribution in [0, 0.1) is 11.8 Å². The van der Waals surface area contributed by atoms with Crippen LogP contribution in [0.5, 0.6) is 0 Å². The Labute approximate surface area is 168 Å². The van der Waals surface area contributed by atoms with Gasteiger partial charge in [0.2, 0.25) is 15.9 Å². The normalized spacial score (nSPS) is 23.2. The molecule has 2 N–H and O–H groups in total. The van der Waals surface area contributed by atoms with Crippen molar-refractivity contribution in [2.75, 3.05) is 31.5 Å². The molecule has 1 aromatic carbocycles. The van der Waals surface area contributed by atoms with Crippen LogP contribution in [-0.2, 0) is 19.6 Å². The molecule has 9 nitrogen and oxygen atoms in total. The minimum absolute atomic E-state index is 0.0549. The third-order valence-electron chi connectivity index (χ3n) is 5.03. The van der Waals surface area contributed by atoms with Gasteiger partial charge in [-0.1, -0.05) is 25.4 Å². The van der Waals surface area contributed by atoms with E-state index in [0.717, 1.165) is 4.90 Å².